The predicted molar refractivity (Wildman–Crippen MR) is 138 cm³/mol. The van der Waals surface area contributed by atoms with Crippen molar-refractivity contribution in [2.45, 2.75) is 32.0 Å². The lowest BCUT2D eigenvalue weighted by molar-refractivity contribution is -0.297. The largest absolute Gasteiger partial charge is 0.456 e. The number of nitrogens with one attached hydrogen (secondary N) is 2. The molecule has 4 rings (SSSR count). The van der Waals surface area contributed by atoms with E-state index in [0.29, 0.717) is 36.0 Å². The van der Waals surface area contributed by atoms with Crippen molar-refractivity contribution in [2.75, 3.05) is 26.0 Å². The third-order valence-electron chi connectivity index (χ3n) is 6.00. The van der Waals surface area contributed by atoms with Gasteiger partial charge in [-0.2, -0.15) is 13.2 Å². The second kappa shape index (κ2) is 11.4. The van der Waals surface area contributed by atoms with E-state index in [1.807, 2.05) is 6.07 Å². The fraction of sp³-hybridized carbons (Fsp3) is 0.286. The zero-order valence-electron chi connectivity index (χ0n) is 21.6. The minimum atomic E-state index is -4.49. The Hall–Kier alpha value is -4.59. The number of rotatable bonds is 8. The summed E-state index contributed by atoms with van der Waals surface area (Å²) in [5.74, 6) is 0.978. The number of aromatic nitrogens is 1. The number of amides is 2. The number of hydrogen-bond donors (Lipinski definition) is 2. The summed E-state index contributed by atoms with van der Waals surface area (Å²) >= 11 is 0. The van der Waals surface area contributed by atoms with Crippen molar-refractivity contribution >= 4 is 23.3 Å². The van der Waals surface area contributed by atoms with Crippen LogP contribution < -0.4 is 20.4 Å². The van der Waals surface area contributed by atoms with Gasteiger partial charge in [0.25, 0.3) is 0 Å². The van der Waals surface area contributed by atoms with Crippen LogP contribution in [0, 0.1) is 13.1 Å². The topological polar surface area (TPSA) is 97.1 Å². The smallest absolute Gasteiger partial charge is 0.416 e. The minimum Gasteiger partial charge on any atom is -0.456 e. The first-order chi connectivity index (χ1) is 18.5. The molecule has 1 unspecified atom stereocenters. The van der Waals surface area contributed by atoms with Crippen molar-refractivity contribution < 1.29 is 32.5 Å². The number of hydrogen-bond acceptors (Lipinski definition) is 5. The molecule has 0 aliphatic carbocycles. The Morgan fingerprint density at radius 1 is 1.18 bits per heavy atom. The van der Waals surface area contributed by atoms with E-state index in [9.17, 15) is 22.8 Å². The number of anilines is 1. The molecule has 1 atom stereocenters. The van der Waals surface area contributed by atoms with Crippen molar-refractivity contribution in [3.63, 3.8) is 0 Å². The van der Waals surface area contributed by atoms with Gasteiger partial charge in [0, 0.05) is 26.2 Å². The quantitative estimate of drug-likeness (QED) is 0.457. The summed E-state index contributed by atoms with van der Waals surface area (Å²) < 4.78 is 45.4. The van der Waals surface area contributed by atoms with Crippen LogP contribution in [0.15, 0.2) is 59.6 Å². The van der Waals surface area contributed by atoms with E-state index in [-0.39, 0.29) is 23.6 Å². The van der Waals surface area contributed by atoms with Gasteiger partial charge in [0.15, 0.2) is 0 Å². The summed E-state index contributed by atoms with van der Waals surface area (Å²) in [6, 6.07) is 13.7. The normalized spacial score (nSPS) is 14.6. The molecule has 1 aliphatic heterocycles. The zero-order chi connectivity index (χ0) is 28.2. The third-order valence-corrected chi connectivity index (χ3v) is 6.00. The van der Waals surface area contributed by atoms with Crippen LogP contribution in [0.2, 0.25) is 0 Å². The average Bonchev–Trinajstić information content (AvgIpc) is 3.38. The van der Waals surface area contributed by atoms with Crippen molar-refractivity contribution in [3.05, 3.63) is 83.2 Å². The van der Waals surface area contributed by atoms with E-state index in [1.54, 1.807) is 44.4 Å². The molecule has 0 radical (unpaired) electrons. The van der Waals surface area contributed by atoms with Gasteiger partial charge in [0.05, 0.1) is 18.2 Å². The lowest BCUT2D eigenvalue weighted by atomic mass is 10.1. The molecule has 11 heteroatoms. The Labute approximate surface area is 223 Å². The Balaban J connectivity index is 1.35. The standard InChI is InChI=1S/C28H26F3N5O3/c1-17-7-9-19(14-22(17)28(29,30)31)34-25(37)10-8-18-5-4-6-20(13-18)39-21-11-12-32-23(15-21)26-33-16-24(35-26)27(38)36(2)3/h4-7,9,11,13-15,24H,8,10,16H2,1-3H3,(H-,33,34,35,37)/p+1. The molecule has 202 valence electrons. The second-order valence-corrected chi connectivity index (χ2v) is 9.26. The van der Waals surface area contributed by atoms with Gasteiger partial charge in [-0.1, -0.05) is 18.2 Å². The molecule has 8 nitrogen and oxygen atoms in total. The van der Waals surface area contributed by atoms with Gasteiger partial charge in [-0.25, -0.2) is 0 Å². The molecule has 2 N–H and O–H groups in total. The fourth-order valence-electron chi connectivity index (χ4n) is 3.99. The number of aryl methyl sites for hydroxylation is 2. The van der Waals surface area contributed by atoms with E-state index in [2.05, 4.69) is 26.8 Å². The van der Waals surface area contributed by atoms with Gasteiger partial charge < -0.3 is 20.3 Å². The molecule has 1 aromatic heterocycles. The molecular formula is C28H27F3N5O3+. The summed E-state index contributed by atoms with van der Waals surface area (Å²) in [5.41, 5.74) is 0.706. The van der Waals surface area contributed by atoms with Gasteiger partial charge in [-0.3, -0.25) is 14.6 Å². The number of ether oxygens (including phenoxy) is 1. The summed E-state index contributed by atoms with van der Waals surface area (Å²) in [6.45, 7) is 1.68. The summed E-state index contributed by atoms with van der Waals surface area (Å²) in [5, 5.41) is 5.61. The molecule has 0 spiro atoms. The van der Waals surface area contributed by atoms with Crippen molar-refractivity contribution in [3.8, 4) is 11.5 Å². The summed E-state index contributed by atoms with van der Waals surface area (Å²) in [7, 11) is 3.36. The van der Waals surface area contributed by atoms with E-state index < -0.39 is 23.7 Å². The molecule has 2 amide bonds. The Morgan fingerprint density at radius 2 is 1.97 bits per heavy atom. The number of carbonyl (C=O) groups is 2. The van der Waals surface area contributed by atoms with E-state index in [0.717, 1.165) is 11.6 Å². The summed E-state index contributed by atoms with van der Waals surface area (Å²) in [6.07, 6.45) is -1.29. The molecule has 3 aromatic rings. The maximum atomic E-state index is 13.1. The highest BCUT2D eigenvalue weighted by Gasteiger charge is 2.33. The van der Waals surface area contributed by atoms with Crippen LogP contribution in [0.5, 0.6) is 11.5 Å². The zero-order valence-corrected chi connectivity index (χ0v) is 21.6. The van der Waals surface area contributed by atoms with Crippen LogP contribution in [0.4, 0.5) is 18.9 Å². The molecule has 2 heterocycles. The van der Waals surface area contributed by atoms with Gasteiger partial charge >= 0.3 is 18.1 Å². The van der Waals surface area contributed by atoms with E-state index in [1.165, 1.54) is 24.0 Å². The molecule has 0 saturated heterocycles. The van der Waals surface area contributed by atoms with Gasteiger partial charge in [-0.15, -0.1) is 0 Å². The Bertz CT molecular complexity index is 1410. The van der Waals surface area contributed by atoms with Crippen LogP contribution in [0.1, 0.15) is 28.8 Å². The van der Waals surface area contributed by atoms with Crippen LogP contribution in [0.3, 0.4) is 0 Å². The van der Waals surface area contributed by atoms with Crippen LogP contribution in [-0.2, 0) is 22.2 Å². The number of benzene rings is 2. The number of amidine groups is 1. The highest BCUT2D eigenvalue weighted by Crippen LogP contribution is 2.33. The highest BCUT2D eigenvalue weighted by atomic mass is 19.4. The number of alkyl halides is 3. The molecule has 0 fully saturated rings. The van der Waals surface area contributed by atoms with E-state index in [4.69, 9.17) is 4.74 Å². The number of nitrogens with zero attached hydrogens (tertiary/aromatic N) is 3. The lowest BCUT2D eigenvalue weighted by Crippen LogP contribution is -2.44. The van der Waals surface area contributed by atoms with Crippen molar-refractivity contribution in [1.82, 2.24) is 10.2 Å². The molecular weight excluding hydrogens is 511 g/mol. The van der Waals surface area contributed by atoms with Crippen molar-refractivity contribution in [1.29, 1.82) is 0 Å². The second-order valence-electron chi connectivity index (χ2n) is 9.26. The fourth-order valence-corrected chi connectivity index (χ4v) is 3.99. The SMILES string of the molecule is Cc1ccc(NC(=O)CCc2cccc(Oc3cc#[n+]c(C4=NCC(C(=O)N(C)C)N4)c3)c2)cc1C(F)(F)F. The number of carbonyl (C=O) groups excluding carboxylic acids is 2. The minimum absolute atomic E-state index is 0.0736. The number of aliphatic imine (C=N–C) groups is 1. The average molecular weight is 539 g/mol. The van der Waals surface area contributed by atoms with Crippen LogP contribution in [-0.4, -0.2) is 49.2 Å². The third kappa shape index (κ3) is 7.04. The van der Waals surface area contributed by atoms with Gasteiger partial charge in [0.1, 0.15) is 23.6 Å². The molecule has 1 aliphatic rings. The van der Waals surface area contributed by atoms with Crippen LogP contribution >= 0.6 is 0 Å². The van der Waals surface area contributed by atoms with Gasteiger partial charge in [-0.05, 0) is 53.7 Å². The molecule has 2 aromatic carbocycles. The Kier molecular flexibility index (Phi) is 8.04. The predicted octanol–water partition coefficient (Wildman–Crippen LogP) is 3.58. The molecule has 0 bridgehead atoms. The number of likely N-dealkylation sites (N-methyl/N-ethyl adjacent to an activating group) is 1. The maximum absolute atomic E-state index is 13.1. The first-order valence-corrected chi connectivity index (χ1v) is 12.1. The maximum Gasteiger partial charge on any atom is 0.416 e. The highest BCUT2D eigenvalue weighted by molar-refractivity contribution is 6.01. The Morgan fingerprint density at radius 3 is 2.72 bits per heavy atom. The molecule has 39 heavy (non-hydrogen) atoms. The monoisotopic (exact) mass is 538 g/mol. The first-order valence-electron chi connectivity index (χ1n) is 12.1. The van der Waals surface area contributed by atoms with E-state index >= 15 is 0 Å². The molecule has 0 saturated carbocycles. The van der Waals surface area contributed by atoms with Crippen molar-refractivity contribution in [2.24, 2.45) is 4.99 Å². The first kappa shape index (κ1) is 27.4. The lowest BCUT2D eigenvalue weighted by Gasteiger charge is -2.15. The number of halogens is 3. The van der Waals surface area contributed by atoms with Crippen LogP contribution in [0.25, 0.3) is 0 Å². The summed E-state index contributed by atoms with van der Waals surface area (Å²) in [4.78, 5) is 34.6. The van der Waals surface area contributed by atoms with Gasteiger partial charge in [0.2, 0.25) is 17.6 Å².